The van der Waals surface area contributed by atoms with Crippen LogP contribution in [0.1, 0.15) is 63.4 Å². The third-order valence-corrected chi connectivity index (χ3v) is 7.95. The molecule has 5 atom stereocenters. The molecule has 0 radical (unpaired) electrons. The molecule has 166 valence electrons. The van der Waals surface area contributed by atoms with E-state index < -0.39 is 17.1 Å². The number of carbonyl (C=O) groups is 1. The minimum absolute atomic E-state index is 0.247. The Hall–Kier alpha value is -1.30. The molecule has 2 aliphatic rings. The van der Waals surface area contributed by atoms with E-state index in [1.54, 1.807) is 0 Å². The van der Waals surface area contributed by atoms with Crippen LogP contribution in [0.4, 0.5) is 0 Å². The number of rotatable bonds is 14. The van der Waals surface area contributed by atoms with Crippen molar-refractivity contribution in [2.75, 3.05) is 11.5 Å². The number of hydrogen-bond acceptors (Lipinski definition) is 3. The Bertz CT molecular complexity index is 662. The lowest BCUT2D eigenvalue weighted by Gasteiger charge is -2.27. The SMILES string of the molecule is O=C(O)CCC/C=C\C[C@@H]1[C@H](CCCC[S+]([O-])CCc2ccccc2)[C@@H]2CC[C@H]1O2. The topological polar surface area (TPSA) is 69.6 Å². The molecule has 2 bridgehead atoms. The number of aliphatic carboxylic acids is 1. The van der Waals surface area contributed by atoms with Crippen molar-refractivity contribution >= 4 is 17.1 Å². The predicted molar refractivity (Wildman–Crippen MR) is 122 cm³/mol. The molecular formula is C25H36O4S. The first-order chi connectivity index (χ1) is 14.6. The number of allylic oxidation sites excluding steroid dienone is 2. The van der Waals surface area contributed by atoms with E-state index in [-0.39, 0.29) is 6.42 Å². The maximum Gasteiger partial charge on any atom is 0.303 e. The summed E-state index contributed by atoms with van der Waals surface area (Å²) >= 11 is -0.730. The number of carboxylic acid groups (broad SMARTS) is 1. The van der Waals surface area contributed by atoms with Crippen LogP contribution in [-0.4, -0.2) is 39.3 Å². The molecule has 5 heteroatoms. The average molecular weight is 433 g/mol. The van der Waals surface area contributed by atoms with E-state index in [0.717, 1.165) is 43.6 Å². The van der Waals surface area contributed by atoms with Crippen LogP contribution in [0.2, 0.25) is 0 Å². The third kappa shape index (κ3) is 7.44. The van der Waals surface area contributed by atoms with Gasteiger partial charge in [0.25, 0.3) is 0 Å². The maximum atomic E-state index is 12.3. The summed E-state index contributed by atoms with van der Waals surface area (Å²) in [6, 6.07) is 10.3. The molecule has 30 heavy (non-hydrogen) atoms. The zero-order valence-corrected chi connectivity index (χ0v) is 18.7. The number of ether oxygens (including phenoxy) is 1. The van der Waals surface area contributed by atoms with Gasteiger partial charge in [-0.2, -0.15) is 0 Å². The number of carboxylic acids is 1. The molecule has 0 amide bonds. The van der Waals surface area contributed by atoms with Crippen molar-refractivity contribution < 1.29 is 19.2 Å². The summed E-state index contributed by atoms with van der Waals surface area (Å²) in [5.74, 6) is 2.08. The van der Waals surface area contributed by atoms with Crippen molar-refractivity contribution in [3.8, 4) is 0 Å². The summed E-state index contributed by atoms with van der Waals surface area (Å²) in [7, 11) is 0. The number of hydrogen-bond donors (Lipinski definition) is 1. The van der Waals surface area contributed by atoms with Crippen molar-refractivity contribution in [2.45, 2.75) is 76.4 Å². The summed E-state index contributed by atoms with van der Waals surface area (Å²) in [6.45, 7) is 0. The van der Waals surface area contributed by atoms with Crippen molar-refractivity contribution in [3.63, 3.8) is 0 Å². The largest absolute Gasteiger partial charge is 0.616 e. The second-order valence-electron chi connectivity index (χ2n) is 8.69. The van der Waals surface area contributed by atoms with Gasteiger partial charge in [0, 0.05) is 12.8 Å². The van der Waals surface area contributed by atoms with Crippen LogP contribution in [0.5, 0.6) is 0 Å². The van der Waals surface area contributed by atoms with Crippen molar-refractivity contribution in [1.29, 1.82) is 0 Å². The lowest BCUT2D eigenvalue weighted by Crippen LogP contribution is -2.27. The molecule has 2 aliphatic heterocycles. The van der Waals surface area contributed by atoms with Gasteiger partial charge in [-0.05, 0) is 68.8 Å². The van der Waals surface area contributed by atoms with Crippen LogP contribution in [0.15, 0.2) is 42.5 Å². The molecule has 0 aromatic heterocycles. The summed E-state index contributed by atoms with van der Waals surface area (Å²) in [5.41, 5.74) is 1.27. The number of unbranched alkanes of at least 4 members (excludes halogenated alkanes) is 2. The van der Waals surface area contributed by atoms with Gasteiger partial charge in [-0.25, -0.2) is 0 Å². The summed E-state index contributed by atoms with van der Waals surface area (Å²) in [4.78, 5) is 10.6. The third-order valence-electron chi connectivity index (χ3n) is 6.55. The molecule has 2 fully saturated rings. The van der Waals surface area contributed by atoms with Crippen LogP contribution >= 0.6 is 0 Å². The number of aryl methyl sites for hydroxylation is 1. The van der Waals surface area contributed by atoms with Gasteiger partial charge in [0.2, 0.25) is 0 Å². The van der Waals surface area contributed by atoms with Gasteiger partial charge < -0.3 is 14.4 Å². The van der Waals surface area contributed by atoms with Gasteiger partial charge >= 0.3 is 5.97 Å². The minimum Gasteiger partial charge on any atom is -0.616 e. The van der Waals surface area contributed by atoms with Crippen LogP contribution < -0.4 is 0 Å². The average Bonchev–Trinajstić information content (AvgIpc) is 3.35. The van der Waals surface area contributed by atoms with E-state index in [0.29, 0.717) is 30.5 Å². The fraction of sp³-hybridized carbons (Fsp3) is 0.640. The zero-order chi connectivity index (χ0) is 21.2. The molecular weight excluding hydrogens is 396 g/mol. The van der Waals surface area contributed by atoms with E-state index >= 15 is 0 Å². The van der Waals surface area contributed by atoms with Crippen LogP contribution in [-0.2, 0) is 27.1 Å². The predicted octanol–water partition coefficient (Wildman–Crippen LogP) is 5.14. The highest BCUT2D eigenvalue weighted by Gasteiger charge is 2.47. The fourth-order valence-electron chi connectivity index (χ4n) is 4.96. The highest BCUT2D eigenvalue weighted by atomic mass is 32.2. The van der Waals surface area contributed by atoms with Crippen molar-refractivity contribution in [3.05, 3.63) is 48.0 Å². The molecule has 0 spiro atoms. The van der Waals surface area contributed by atoms with E-state index in [2.05, 4.69) is 24.3 Å². The number of fused-ring (bicyclic) bond motifs is 2. The minimum atomic E-state index is -0.730. The van der Waals surface area contributed by atoms with Crippen LogP contribution in [0, 0.1) is 11.8 Å². The summed E-state index contributed by atoms with van der Waals surface area (Å²) in [6.07, 6.45) is 14.7. The van der Waals surface area contributed by atoms with E-state index in [4.69, 9.17) is 9.84 Å². The first-order valence-corrected chi connectivity index (χ1v) is 13.0. The number of benzene rings is 1. The lowest BCUT2D eigenvalue weighted by atomic mass is 9.75. The standard InChI is InChI=1S/C25H36O4S/c26-25(27)14-7-2-1-6-12-21-22(24-16-15-23(21)29-24)13-8-9-18-30(28)19-17-20-10-4-3-5-11-20/h1,3-6,10-11,21-24H,2,7-9,12-19H2,(H,26,27)/b6-1-/t21-,22+,23-,24+,30?/m1/s1. The molecule has 1 aromatic rings. The van der Waals surface area contributed by atoms with E-state index in [9.17, 15) is 9.35 Å². The van der Waals surface area contributed by atoms with Gasteiger partial charge in [-0.1, -0.05) is 53.7 Å². The molecule has 3 rings (SSSR count). The fourth-order valence-corrected chi connectivity index (χ4v) is 6.15. The Morgan fingerprint density at radius 1 is 1.07 bits per heavy atom. The Kier molecular flexibility index (Phi) is 9.76. The van der Waals surface area contributed by atoms with Crippen LogP contribution in [0.3, 0.4) is 0 Å². The molecule has 4 nitrogen and oxygen atoms in total. The van der Waals surface area contributed by atoms with Gasteiger partial charge in [-0.3, -0.25) is 4.79 Å². The van der Waals surface area contributed by atoms with E-state index in [1.165, 1.54) is 24.8 Å². The highest BCUT2D eigenvalue weighted by Crippen LogP contribution is 2.47. The lowest BCUT2D eigenvalue weighted by molar-refractivity contribution is -0.137. The molecule has 1 N–H and O–H groups in total. The first-order valence-electron chi connectivity index (χ1n) is 11.5. The molecule has 1 aromatic carbocycles. The quantitative estimate of drug-likeness (QED) is 0.251. The first kappa shape index (κ1) is 23.4. The van der Waals surface area contributed by atoms with Gasteiger partial charge in [0.15, 0.2) is 0 Å². The Labute approximate surface area is 184 Å². The second kappa shape index (κ2) is 12.5. The highest BCUT2D eigenvalue weighted by molar-refractivity contribution is 7.91. The van der Waals surface area contributed by atoms with Crippen molar-refractivity contribution in [1.82, 2.24) is 0 Å². The maximum absolute atomic E-state index is 12.3. The molecule has 0 aliphatic carbocycles. The Morgan fingerprint density at radius 2 is 1.83 bits per heavy atom. The molecule has 2 heterocycles. The second-order valence-corrected chi connectivity index (χ2v) is 10.4. The van der Waals surface area contributed by atoms with Crippen molar-refractivity contribution in [2.24, 2.45) is 11.8 Å². The molecule has 2 saturated heterocycles. The smallest absolute Gasteiger partial charge is 0.303 e. The van der Waals surface area contributed by atoms with Crippen LogP contribution in [0.25, 0.3) is 0 Å². The Balaban J connectivity index is 1.32. The summed E-state index contributed by atoms with van der Waals surface area (Å²) < 4.78 is 18.5. The summed E-state index contributed by atoms with van der Waals surface area (Å²) in [5, 5.41) is 8.71. The molecule has 0 saturated carbocycles. The van der Waals surface area contributed by atoms with E-state index in [1.807, 2.05) is 18.2 Å². The molecule has 1 unspecified atom stereocenters. The van der Waals surface area contributed by atoms with Gasteiger partial charge in [0.05, 0.1) is 12.2 Å². The monoisotopic (exact) mass is 432 g/mol. The normalized spacial score (nSPS) is 26.4. The van der Waals surface area contributed by atoms with Gasteiger partial charge in [0.1, 0.15) is 11.5 Å². The Morgan fingerprint density at radius 3 is 2.60 bits per heavy atom. The van der Waals surface area contributed by atoms with Gasteiger partial charge in [-0.15, -0.1) is 0 Å². The zero-order valence-electron chi connectivity index (χ0n) is 17.9.